The zero-order valence-corrected chi connectivity index (χ0v) is 23.5. The summed E-state index contributed by atoms with van der Waals surface area (Å²) in [5.41, 5.74) is 1.40. The first-order chi connectivity index (χ1) is 18.0. The molecule has 0 bridgehead atoms. The number of benzene rings is 2. The van der Waals surface area contributed by atoms with E-state index in [1.165, 1.54) is 24.3 Å². The lowest BCUT2D eigenvalue weighted by Gasteiger charge is -2.34. The summed E-state index contributed by atoms with van der Waals surface area (Å²) in [6.07, 6.45) is 4.50. The number of sulfonamides is 1. The number of aromatic nitrogens is 2. The van der Waals surface area contributed by atoms with Gasteiger partial charge in [0.15, 0.2) is 5.69 Å². The molecule has 1 aliphatic rings. The van der Waals surface area contributed by atoms with Crippen LogP contribution in [0.4, 0.5) is 5.69 Å². The van der Waals surface area contributed by atoms with E-state index in [9.17, 15) is 21.6 Å². The second kappa shape index (κ2) is 11.5. The van der Waals surface area contributed by atoms with Gasteiger partial charge in [-0.15, -0.1) is 0 Å². The van der Waals surface area contributed by atoms with Gasteiger partial charge in [0, 0.05) is 18.3 Å². The van der Waals surface area contributed by atoms with Crippen LogP contribution < -0.4 is 5.32 Å². The summed E-state index contributed by atoms with van der Waals surface area (Å²) in [6, 6.07) is 12.9. The topological polar surface area (TPSA) is 126 Å². The van der Waals surface area contributed by atoms with Gasteiger partial charge in [-0.1, -0.05) is 49.2 Å². The number of carbonyl (C=O) groups is 1. The quantitative estimate of drug-likeness (QED) is 0.388. The summed E-state index contributed by atoms with van der Waals surface area (Å²) in [7, 11) is -7.62. The third-order valence-electron chi connectivity index (χ3n) is 6.59. The van der Waals surface area contributed by atoms with Gasteiger partial charge >= 0.3 is 0 Å². The van der Waals surface area contributed by atoms with Crippen LogP contribution in [0.5, 0.6) is 0 Å². The lowest BCUT2D eigenvalue weighted by molar-refractivity contribution is 0.102. The van der Waals surface area contributed by atoms with E-state index in [-0.39, 0.29) is 27.4 Å². The van der Waals surface area contributed by atoms with Crippen molar-refractivity contribution in [2.24, 2.45) is 0 Å². The summed E-state index contributed by atoms with van der Waals surface area (Å²) in [6.45, 7) is 4.27. The van der Waals surface area contributed by atoms with Crippen molar-refractivity contribution in [3.63, 3.8) is 0 Å². The highest BCUT2D eigenvalue weighted by Crippen LogP contribution is 2.28. The summed E-state index contributed by atoms with van der Waals surface area (Å²) >= 11 is 6.13. The van der Waals surface area contributed by atoms with E-state index in [0.717, 1.165) is 37.4 Å². The van der Waals surface area contributed by atoms with Crippen LogP contribution in [0.3, 0.4) is 0 Å². The average Bonchev–Trinajstić information content (AvgIpc) is 2.90. The number of carbonyl (C=O) groups excluding carboxylic acids is 1. The van der Waals surface area contributed by atoms with Crippen LogP contribution in [0.25, 0.3) is 0 Å². The van der Waals surface area contributed by atoms with Gasteiger partial charge in [0.2, 0.25) is 25.0 Å². The number of hydrogen-bond donors (Lipinski definition) is 1. The molecule has 1 atom stereocenters. The highest BCUT2D eigenvalue weighted by atomic mass is 35.5. The first-order valence-electron chi connectivity index (χ1n) is 12.3. The second-order valence-electron chi connectivity index (χ2n) is 9.19. The van der Waals surface area contributed by atoms with E-state index in [0.29, 0.717) is 17.8 Å². The van der Waals surface area contributed by atoms with E-state index < -0.39 is 30.9 Å². The van der Waals surface area contributed by atoms with Crippen molar-refractivity contribution >= 4 is 43.1 Å². The van der Waals surface area contributed by atoms with Crippen LogP contribution in [-0.2, 0) is 25.6 Å². The number of anilines is 1. The average molecular weight is 577 g/mol. The maximum Gasteiger partial charge on any atom is 0.275 e. The van der Waals surface area contributed by atoms with E-state index in [4.69, 9.17) is 11.6 Å². The monoisotopic (exact) mass is 576 g/mol. The van der Waals surface area contributed by atoms with Crippen molar-refractivity contribution in [2.45, 2.75) is 61.4 Å². The molecule has 1 saturated heterocycles. The van der Waals surface area contributed by atoms with Crippen LogP contribution in [-0.4, -0.2) is 49.6 Å². The van der Waals surface area contributed by atoms with E-state index >= 15 is 0 Å². The highest BCUT2D eigenvalue weighted by Gasteiger charge is 2.32. The molecule has 2 aromatic carbocycles. The molecule has 0 aliphatic carbocycles. The number of sulfone groups is 1. The van der Waals surface area contributed by atoms with Gasteiger partial charge in [-0.05, 0) is 61.6 Å². The van der Waals surface area contributed by atoms with Crippen molar-refractivity contribution in [1.29, 1.82) is 0 Å². The van der Waals surface area contributed by atoms with Gasteiger partial charge in [-0.2, -0.15) is 4.31 Å². The molecule has 9 nitrogen and oxygen atoms in total. The Morgan fingerprint density at radius 2 is 1.79 bits per heavy atom. The molecular formula is C26H29ClN4O5S2. The fourth-order valence-electron chi connectivity index (χ4n) is 4.44. The van der Waals surface area contributed by atoms with Crippen molar-refractivity contribution in [3.8, 4) is 0 Å². The Morgan fingerprint density at radius 1 is 1.08 bits per heavy atom. The number of nitrogens with zero attached hydrogens (tertiary/aromatic N) is 3. The second-order valence-corrected chi connectivity index (χ2v) is 13.4. The molecule has 38 heavy (non-hydrogen) atoms. The minimum Gasteiger partial charge on any atom is -0.321 e. The largest absolute Gasteiger partial charge is 0.321 e. The molecule has 1 aliphatic heterocycles. The van der Waals surface area contributed by atoms with Crippen LogP contribution in [0.15, 0.2) is 64.8 Å². The Morgan fingerprint density at radius 3 is 2.47 bits per heavy atom. The molecule has 3 aromatic rings. The molecule has 1 N–H and O–H groups in total. The Kier molecular flexibility index (Phi) is 8.51. The van der Waals surface area contributed by atoms with E-state index in [2.05, 4.69) is 15.3 Å². The minimum atomic E-state index is -3.95. The molecule has 1 aromatic heterocycles. The third-order valence-corrected chi connectivity index (χ3v) is 10.3. The molecule has 1 unspecified atom stereocenters. The Hall–Kier alpha value is -2.86. The van der Waals surface area contributed by atoms with Crippen molar-refractivity contribution in [3.05, 3.63) is 76.6 Å². The summed E-state index contributed by atoms with van der Waals surface area (Å²) < 4.78 is 53.8. The van der Waals surface area contributed by atoms with Crippen molar-refractivity contribution in [2.75, 3.05) is 11.9 Å². The maximum atomic E-state index is 13.2. The fraction of sp³-hybridized carbons (Fsp3) is 0.346. The predicted octanol–water partition coefficient (Wildman–Crippen LogP) is 4.62. The summed E-state index contributed by atoms with van der Waals surface area (Å²) in [4.78, 5) is 20.9. The highest BCUT2D eigenvalue weighted by molar-refractivity contribution is 7.90. The van der Waals surface area contributed by atoms with Gasteiger partial charge in [-0.3, -0.25) is 4.79 Å². The number of nitrogens with one attached hydrogen (secondary N) is 1. The maximum absolute atomic E-state index is 13.2. The Labute approximate surface area is 228 Å². The fourth-order valence-corrected chi connectivity index (χ4v) is 7.69. The molecule has 202 valence electrons. The zero-order valence-electron chi connectivity index (χ0n) is 21.1. The lowest BCUT2D eigenvalue weighted by Crippen LogP contribution is -2.43. The van der Waals surface area contributed by atoms with Gasteiger partial charge in [0.1, 0.15) is 0 Å². The van der Waals surface area contributed by atoms with Crippen molar-refractivity contribution in [1.82, 2.24) is 14.3 Å². The first-order valence-corrected chi connectivity index (χ1v) is 15.7. The van der Waals surface area contributed by atoms with Crippen LogP contribution in [0.2, 0.25) is 5.02 Å². The Bertz CT molecular complexity index is 1540. The SMILES string of the molecule is CCC1CCCCN1S(=O)(=O)c1ccc(NC(=O)c2nc(S(=O)(=O)Cc3ccccc3C)ncc2Cl)cc1. The number of halogens is 1. The van der Waals surface area contributed by atoms with E-state index in [1.807, 2.05) is 13.0 Å². The van der Waals surface area contributed by atoms with Gasteiger partial charge in [0.25, 0.3) is 5.91 Å². The molecular weight excluding hydrogens is 548 g/mol. The third kappa shape index (κ3) is 6.06. The molecule has 0 saturated carbocycles. The zero-order chi connectivity index (χ0) is 27.5. The van der Waals surface area contributed by atoms with Crippen LogP contribution in [0, 0.1) is 6.92 Å². The smallest absolute Gasteiger partial charge is 0.275 e. The normalized spacial score (nSPS) is 16.8. The van der Waals surface area contributed by atoms with Gasteiger partial charge in [0.05, 0.1) is 21.9 Å². The molecule has 4 rings (SSSR count). The minimum absolute atomic E-state index is 0.0238. The lowest BCUT2D eigenvalue weighted by atomic mass is 10.0. The number of piperidine rings is 1. The predicted molar refractivity (Wildman–Crippen MR) is 145 cm³/mol. The van der Waals surface area contributed by atoms with Crippen molar-refractivity contribution < 1.29 is 21.6 Å². The number of amides is 1. The summed E-state index contributed by atoms with van der Waals surface area (Å²) in [5, 5.41) is 1.97. The standard InChI is InChI=1S/C26H29ClN4O5S2/c1-3-21-10-6-7-15-31(21)38(35,36)22-13-11-20(12-14-22)29-25(32)24-23(27)16-28-26(30-24)37(33,34)17-19-9-5-4-8-18(19)2/h4-5,8-9,11-14,16,21H,3,6-7,10,15,17H2,1-2H3,(H,29,32). The number of hydrogen-bond acceptors (Lipinski definition) is 7. The molecule has 2 heterocycles. The Balaban J connectivity index is 1.52. The number of rotatable bonds is 8. The molecule has 1 amide bonds. The molecule has 12 heteroatoms. The van der Waals surface area contributed by atoms with Crippen LogP contribution in [0.1, 0.15) is 54.2 Å². The van der Waals surface area contributed by atoms with Gasteiger partial charge < -0.3 is 5.32 Å². The van der Waals surface area contributed by atoms with E-state index in [1.54, 1.807) is 29.4 Å². The summed E-state index contributed by atoms with van der Waals surface area (Å²) in [5.74, 6) is -1.07. The first kappa shape index (κ1) is 28.2. The molecule has 0 radical (unpaired) electrons. The van der Waals surface area contributed by atoms with Crippen LogP contribution >= 0.6 is 11.6 Å². The van der Waals surface area contributed by atoms with Gasteiger partial charge in [-0.25, -0.2) is 26.8 Å². The molecule has 1 fully saturated rings. The molecule has 0 spiro atoms. The number of aryl methyl sites for hydroxylation is 1.